The fourth-order valence-corrected chi connectivity index (χ4v) is 3.56. The maximum atomic E-state index is 3.85. The molecular weight excluding hydrogens is 376 g/mol. The minimum atomic E-state index is 0.246. The van der Waals surface area contributed by atoms with Crippen LogP contribution in [0.4, 0.5) is 0 Å². The SMILES string of the molecule is Cc1cc(C(Br)c2ccc(C(C)C)cc2)c(C)cc1Br. The molecule has 0 radical (unpaired) electrons. The Bertz CT molecular complexity index is 598. The quantitative estimate of drug-likeness (QED) is 0.508. The van der Waals surface area contributed by atoms with E-state index in [1.54, 1.807) is 0 Å². The van der Waals surface area contributed by atoms with Crippen molar-refractivity contribution in [2.75, 3.05) is 0 Å². The van der Waals surface area contributed by atoms with Crippen molar-refractivity contribution in [2.45, 2.75) is 38.4 Å². The van der Waals surface area contributed by atoms with Gasteiger partial charge in [0, 0.05) is 4.47 Å². The molecule has 0 amide bonds. The third-order valence-electron chi connectivity index (χ3n) is 3.72. The van der Waals surface area contributed by atoms with E-state index in [4.69, 9.17) is 0 Å². The summed E-state index contributed by atoms with van der Waals surface area (Å²) < 4.78 is 1.17. The first-order valence-corrected chi connectivity index (χ1v) is 8.61. The molecule has 0 heterocycles. The van der Waals surface area contributed by atoms with Crippen molar-refractivity contribution in [3.63, 3.8) is 0 Å². The molecule has 0 saturated heterocycles. The van der Waals surface area contributed by atoms with Crippen LogP contribution >= 0.6 is 31.9 Å². The fourth-order valence-electron chi connectivity index (χ4n) is 2.31. The first kappa shape index (κ1) is 15.8. The summed E-state index contributed by atoms with van der Waals surface area (Å²) in [7, 11) is 0. The first-order chi connectivity index (χ1) is 9.40. The van der Waals surface area contributed by atoms with Gasteiger partial charge in [-0.25, -0.2) is 0 Å². The molecule has 2 aromatic carbocycles. The molecule has 0 spiro atoms. The number of benzene rings is 2. The number of hydrogen-bond donors (Lipinski definition) is 0. The van der Waals surface area contributed by atoms with Gasteiger partial charge in [0.1, 0.15) is 0 Å². The van der Waals surface area contributed by atoms with Gasteiger partial charge in [-0.2, -0.15) is 0 Å². The second kappa shape index (κ2) is 6.44. The molecule has 20 heavy (non-hydrogen) atoms. The molecule has 0 nitrogen and oxygen atoms in total. The van der Waals surface area contributed by atoms with Crippen LogP contribution in [0.2, 0.25) is 0 Å². The van der Waals surface area contributed by atoms with Gasteiger partial charge in [-0.3, -0.25) is 0 Å². The van der Waals surface area contributed by atoms with Gasteiger partial charge in [-0.1, -0.05) is 76.0 Å². The molecule has 106 valence electrons. The highest BCUT2D eigenvalue weighted by Crippen LogP contribution is 2.35. The molecule has 1 unspecified atom stereocenters. The Morgan fingerprint density at radius 2 is 1.40 bits per heavy atom. The van der Waals surface area contributed by atoms with Crippen LogP contribution in [0.3, 0.4) is 0 Å². The van der Waals surface area contributed by atoms with Gasteiger partial charge in [0.05, 0.1) is 4.83 Å². The van der Waals surface area contributed by atoms with Gasteiger partial charge < -0.3 is 0 Å². The molecule has 0 aliphatic rings. The predicted molar refractivity (Wildman–Crippen MR) is 94.9 cm³/mol. The van der Waals surface area contributed by atoms with E-state index in [1.165, 1.54) is 32.3 Å². The van der Waals surface area contributed by atoms with Gasteiger partial charge in [-0.15, -0.1) is 0 Å². The van der Waals surface area contributed by atoms with Gasteiger partial charge in [0.15, 0.2) is 0 Å². The van der Waals surface area contributed by atoms with Crippen LogP contribution in [0.1, 0.15) is 52.4 Å². The Labute approximate surface area is 138 Å². The summed E-state index contributed by atoms with van der Waals surface area (Å²) in [4.78, 5) is 0.246. The zero-order valence-corrected chi connectivity index (χ0v) is 15.5. The Kier molecular flexibility index (Phi) is 5.09. The molecule has 0 aliphatic carbocycles. The largest absolute Gasteiger partial charge is 0.0786 e. The average Bonchev–Trinajstić information content (AvgIpc) is 2.42. The van der Waals surface area contributed by atoms with Crippen molar-refractivity contribution in [3.8, 4) is 0 Å². The second-order valence-corrected chi connectivity index (χ2v) is 7.41. The van der Waals surface area contributed by atoms with E-state index >= 15 is 0 Å². The summed E-state index contributed by atoms with van der Waals surface area (Å²) in [6.45, 7) is 8.75. The normalized spacial score (nSPS) is 12.8. The molecule has 2 rings (SSSR count). The Morgan fingerprint density at radius 1 is 0.850 bits per heavy atom. The number of rotatable bonds is 3. The number of halogens is 2. The highest BCUT2D eigenvalue weighted by atomic mass is 79.9. The molecular formula is C18H20Br2. The van der Waals surface area contributed by atoms with Crippen molar-refractivity contribution in [1.29, 1.82) is 0 Å². The smallest absolute Gasteiger partial charge is 0.0647 e. The fraction of sp³-hybridized carbons (Fsp3) is 0.333. The lowest BCUT2D eigenvalue weighted by molar-refractivity contribution is 0.865. The van der Waals surface area contributed by atoms with Crippen LogP contribution in [0.5, 0.6) is 0 Å². The third kappa shape index (κ3) is 3.35. The number of hydrogen-bond acceptors (Lipinski definition) is 0. The summed E-state index contributed by atoms with van der Waals surface area (Å²) in [6.07, 6.45) is 0. The molecule has 1 atom stereocenters. The third-order valence-corrected chi connectivity index (χ3v) is 5.59. The van der Waals surface area contributed by atoms with Crippen molar-refractivity contribution in [2.24, 2.45) is 0 Å². The van der Waals surface area contributed by atoms with E-state index < -0.39 is 0 Å². The van der Waals surface area contributed by atoms with Crippen LogP contribution < -0.4 is 0 Å². The molecule has 0 N–H and O–H groups in total. The van der Waals surface area contributed by atoms with E-state index in [-0.39, 0.29) is 4.83 Å². The molecule has 0 aliphatic heterocycles. The topological polar surface area (TPSA) is 0 Å². The Morgan fingerprint density at radius 3 is 1.95 bits per heavy atom. The zero-order chi connectivity index (χ0) is 14.9. The zero-order valence-electron chi connectivity index (χ0n) is 12.4. The molecule has 0 saturated carbocycles. The van der Waals surface area contributed by atoms with Crippen molar-refractivity contribution < 1.29 is 0 Å². The first-order valence-electron chi connectivity index (χ1n) is 6.90. The highest BCUT2D eigenvalue weighted by Gasteiger charge is 2.14. The predicted octanol–water partition coefficient (Wildman–Crippen LogP) is 6.67. The number of aryl methyl sites for hydroxylation is 2. The molecule has 0 aromatic heterocycles. The van der Waals surface area contributed by atoms with Crippen LogP contribution in [0, 0.1) is 13.8 Å². The van der Waals surface area contributed by atoms with Crippen LogP contribution in [0.25, 0.3) is 0 Å². The molecule has 0 fully saturated rings. The summed E-state index contributed by atoms with van der Waals surface area (Å²) in [5.41, 5.74) is 6.60. The van der Waals surface area contributed by atoms with Gasteiger partial charge in [-0.05, 0) is 53.6 Å². The lowest BCUT2D eigenvalue weighted by Crippen LogP contribution is -1.98. The maximum Gasteiger partial charge on any atom is 0.0647 e. The summed E-state index contributed by atoms with van der Waals surface area (Å²) >= 11 is 7.45. The molecule has 2 aromatic rings. The highest BCUT2D eigenvalue weighted by molar-refractivity contribution is 9.10. The van der Waals surface area contributed by atoms with Gasteiger partial charge >= 0.3 is 0 Å². The molecule has 0 bridgehead atoms. The Balaban J connectivity index is 2.36. The Hall–Kier alpha value is -0.600. The van der Waals surface area contributed by atoms with E-state index in [0.717, 1.165) is 0 Å². The monoisotopic (exact) mass is 394 g/mol. The number of alkyl halides is 1. The summed E-state index contributed by atoms with van der Waals surface area (Å²) in [6, 6.07) is 13.4. The van der Waals surface area contributed by atoms with Crippen molar-refractivity contribution in [1.82, 2.24) is 0 Å². The van der Waals surface area contributed by atoms with E-state index in [2.05, 4.69) is 96.0 Å². The molecule has 2 heteroatoms. The minimum Gasteiger partial charge on any atom is -0.0786 e. The lowest BCUT2D eigenvalue weighted by Gasteiger charge is -2.16. The lowest BCUT2D eigenvalue weighted by atomic mass is 9.96. The second-order valence-electron chi connectivity index (χ2n) is 5.64. The average molecular weight is 396 g/mol. The maximum absolute atomic E-state index is 3.85. The van der Waals surface area contributed by atoms with E-state index in [1.807, 2.05) is 0 Å². The standard InChI is InChI=1S/C18H20Br2/c1-11(2)14-5-7-15(8-6-14)18(20)16-9-13(4)17(19)10-12(16)3/h5-11,18H,1-4H3. The summed E-state index contributed by atoms with van der Waals surface area (Å²) in [5, 5.41) is 0. The van der Waals surface area contributed by atoms with E-state index in [0.29, 0.717) is 5.92 Å². The van der Waals surface area contributed by atoms with Crippen LogP contribution in [-0.2, 0) is 0 Å². The van der Waals surface area contributed by atoms with Crippen molar-refractivity contribution in [3.05, 3.63) is 68.7 Å². The van der Waals surface area contributed by atoms with Crippen LogP contribution in [-0.4, -0.2) is 0 Å². The van der Waals surface area contributed by atoms with Crippen LogP contribution in [0.15, 0.2) is 40.9 Å². The minimum absolute atomic E-state index is 0.246. The van der Waals surface area contributed by atoms with E-state index in [9.17, 15) is 0 Å². The summed E-state index contributed by atoms with van der Waals surface area (Å²) in [5.74, 6) is 0.578. The van der Waals surface area contributed by atoms with Gasteiger partial charge in [0.2, 0.25) is 0 Å². The van der Waals surface area contributed by atoms with Crippen molar-refractivity contribution >= 4 is 31.9 Å². The van der Waals surface area contributed by atoms with Gasteiger partial charge in [0.25, 0.3) is 0 Å².